The van der Waals surface area contributed by atoms with Crippen molar-refractivity contribution in [1.82, 2.24) is 5.32 Å². The van der Waals surface area contributed by atoms with Crippen LogP contribution in [0.4, 0.5) is 11.4 Å². The summed E-state index contributed by atoms with van der Waals surface area (Å²) in [5.41, 5.74) is 0.710. The van der Waals surface area contributed by atoms with Gasteiger partial charge in [-0.3, -0.25) is 14.9 Å². The molecular formula is C13H19N3O3. The Kier molecular flexibility index (Phi) is 5.29. The zero-order valence-electron chi connectivity index (χ0n) is 11.4. The molecular weight excluding hydrogens is 246 g/mol. The van der Waals surface area contributed by atoms with Crippen molar-refractivity contribution < 1.29 is 9.72 Å². The summed E-state index contributed by atoms with van der Waals surface area (Å²) in [5, 5.41) is 16.3. The van der Waals surface area contributed by atoms with E-state index >= 15 is 0 Å². The van der Waals surface area contributed by atoms with E-state index in [1.807, 2.05) is 0 Å². The highest BCUT2D eigenvalue weighted by Gasteiger charge is 2.15. The first-order chi connectivity index (χ1) is 8.95. The Morgan fingerprint density at radius 1 is 1.42 bits per heavy atom. The summed E-state index contributed by atoms with van der Waals surface area (Å²) in [6.45, 7) is 4.76. The van der Waals surface area contributed by atoms with Gasteiger partial charge in [-0.25, -0.2) is 0 Å². The minimum Gasteiger partial charge on any atom is -0.383 e. The molecule has 0 aliphatic rings. The number of hydrogen-bond donors (Lipinski definition) is 2. The molecule has 1 amide bonds. The van der Waals surface area contributed by atoms with E-state index < -0.39 is 4.92 Å². The summed E-state index contributed by atoms with van der Waals surface area (Å²) in [6, 6.07) is 4.29. The highest BCUT2D eigenvalue weighted by Crippen LogP contribution is 2.24. The average molecular weight is 265 g/mol. The van der Waals surface area contributed by atoms with E-state index in [1.54, 1.807) is 7.05 Å². The molecule has 0 atom stereocenters. The van der Waals surface area contributed by atoms with Crippen LogP contribution in [0.5, 0.6) is 0 Å². The molecule has 6 nitrogen and oxygen atoms in total. The summed E-state index contributed by atoms with van der Waals surface area (Å²) < 4.78 is 0. The van der Waals surface area contributed by atoms with Crippen LogP contribution < -0.4 is 10.6 Å². The lowest BCUT2D eigenvalue weighted by atomic mass is 10.1. The third-order valence-corrected chi connectivity index (χ3v) is 2.73. The fraction of sp³-hybridized carbons (Fsp3) is 0.462. The molecule has 1 aromatic carbocycles. The van der Waals surface area contributed by atoms with Crippen LogP contribution >= 0.6 is 0 Å². The first-order valence-corrected chi connectivity index (χ1v) is 6.20. The van der Waals surface area contributed by atoms with Gasteiger partial charge in [-0.1, -0.05) is 13.8 Å². The molecule has 1 aromatic rings. The van der Waals surface area contributed by atoms with Crippen molar-refractivity contribution in [3.63, 3.8) is 0 Å². The lowest BCUT2D eigenvalue weighted by molar-refractivity contribution is -0.383. The van der Waals surface area contributed by atoms with Gasteiger partial charge in [0.15, 0.2) is 0 Å². The second-order valence-electron chi connectivity index (χ2n) is 4.68. The van der Waals surface area contributed by atoms with E-state index in [1.165, 1.54) is 18.2 Å². The second kappa shape index (κ2) is 6.72. The number of benzene rings is 1. The topological polar surface area (TPSA) is 84.3 Å². The molecule has 0 aliphatic carbocycles. The molecule has 1 rings (SSSR count). The van der Waals surface area contributed by atoms with Gasteiger partial charge < -0.3 is 10.6 Å². The molecule has 0 spiro atoms. The third kappa shape index (κ3) is 4.24. The Morgan fingerprint density at radius 2 is 2.11 bits per heavy atom. The highest BCUT2D eigenvalue weighted by atomic mass is 16.6. The molecule has 2 N–H and O–H groups in total. The van der Waals surface area contributed by atoms with E-state index in [0.717, 1.165) is 6.42 Å². The van der Waals surface area contributed by atoms with Crippen LogP contribution in [0.1, 0.15) is 30.6 Å². The zero-order chi connectivity index (χ0) is 14.4. The van der Waals surface area contributed by atoms with Gasteiger partial charge in [0.2, 0.25) is 0 Å². The molecule has 0 fully saturated rings. The van der Waals surface area contributed by atoms with Crippen molar-refractivity contribution in [2.24, 2.45) is 5.92 Å². The number of nitrogens with one attached hydrogen (secondary N) is 2. The highest BCUT2D eigenvalue weighted by molar-refractivity contribution is 5.95. The van der Waals surface area contributed by atoms with E-state index in [-0.39, 0.29) is 11.6 Å². The Hall–Kier alpha value is -2.11. The zero-order valence-corrected chi connectivity index (χ0v) is 11.4. The number of carbonyl (C=O) groups is 1. The fourth-order valence-corrected chi connectivity index (χ4v) is 1.61. The Morgan fingerprint density at radius 3 is 2.63 bits per heavy atom. The van der Waals surface area contributed by atoms with E-state index in [4.69, 9.17) is 0 Å². The van der Waals surface area contributed by atoms with Crippen LogP contribution in [0.15, 0.2) is 18.2 Å². The summed E-state index contributed by atoms with van der Waals surface area (Å²) in [4.78, 5) is 22.2. The molecule has 0 saturated heterocycles. The fourth-order valence-electron chi connectivity index (χ4n) is 1.61. The molecule has 104 valence electrons. The van der Waals surface area contributed by atoms with Crippen molar-refractivity contribution in [1.29, 1.82) is 0 Å². The van der Waals surface area contributed by atoms with E-state index in [2.05, 4.69) is 24.5 Å². The van der Waals surface area contributed by atoms with Crippen LogP contribution in [-0.4, -0.2) is 24.4 Å². The maximum atomic E-state index is 11.9. The Bertz CT molecular complexity index is 472. The van der Waals surface area contributed by atoms with Crippen molar-refractivity contribution >= 4 is 17.3 Å². The van der Waals surface area contributed by atoms with Gasteiger partial charge >= 0.3 is 0 Å². The lowest BCUT2D eigenvalue weighted by Crippen LogP contribution is -2.25. The molecule has 0 unspecified atom stereocenters. The van der Waals surface area contributed by atoms with Gasteiger partial charge in [0.1, 0.15) is 5.69 Å². The number of nitro groups is 1. The van der Waals surface area contributed by atoms with Gasteiger partial charge in [0.05, 0.1) is 4.92 Å². The lowest BCUT2D eigenvalue weighted by Gasteiger charge is -2.08. The summed E-state index contributed by atoms with van der Waals surface area (Å²) in [6.07, 6.45) is 0.900. The second-order valence-corrected chi connectivity index (χ2v) is 4.68. The number of carbonyl (C=O) groups excluding carboxylic acids is 1. The van der Waals surface area contributed by atoms with Crippen LogP contribution in [0.3, 0.4) is 0 Å². The number of amides is 1. The Balaban J connectivity index is 2.78. The minimum atomic E-state index is -0.480. The first-order valence-electron chi connectivity index (χ1n) is 6.20. The van der Waals surface area contributed by atoms with Crippen molar-refractivity contribution in [3.8, 4) is 0 Å². The number of hydrogen-bond acceptors (Lipinski definition) is 4. The van der Waals surface area contributed by atoms with Gasteiger partial charge in [0, 0.05) is 25.2 Å². The minimum absolute atomic E-state index is 0.0405. The van der Waals surface area contributed by atoms with Crippen molar-refractivity contribution in [2.75, 3.05) is 18.9 Å². The molecule has 0 aromatic heterocycles. The molecule has 0 aliphatic heterocycles. The average Bonchev–Trinajstić information content (AvgIpc) is 2.37. The first kappa shape index (κ1) is 14.9. The van der Waals surface area contributed by atoms with Crippen LogP contribution in [0.2, 0.25) is 0 Å². The molecule has 0 saturated carbocycles. The molecule has 0 heterocycles. The largest absolute Gasteiger partial charge is 0.383 e. The van der Waals surface area contributed by atoms with Crippen LogP contribution in [0.25, 0.3) is 0 Å². The number of anilines is 1. The van der Waals surface area contributed by atoms with Gasteiger partial charge in [0.25, 0.3) is 11.6 Å². The summed E-state index contributed by atoms with van der Waals surface area (Å²) >= 11 is 0. The quantitative estimate of drug-likeness (QED) is 0.611. The monoisotopic (exact) mass is 265 g/mol. The van der Waals surface area contributed by atoms with Crippen LogP contribution in [-0.2, 0) is 0 Å². The number of nitro benzene ring substituents is 1. The van der Waals surface area contributed by atoms with Crippen molar-refractivity contribution in [2.45, 2.75) is 20.3 Å². The number of rotatable bonds is 6. The van der Waals surface area contributed by atoms with Crippen molar-refractivity contribution in [3.05, 3.63) is 33.9 Å². The van der Waals surface area contributed by atoms with E-state index in [9.17, 15) is 14.9 Å². The standard InChI is InChI=1S/C13H19N3O3/c1-9(2)6-7-15-13(17)10-4-5-12(16(18)19)11(8-10)14-3/h4-5,8-9,14H,6-7H2,1-3H3,(H,15,17). The number of nitrogens with zero attached hydrogens (tertiary/aromatic N) is 1. The summed E-state index contributed by atoms with van der Waals surface area (Å²) in [7, 11) is 1.59. The van der Waals surface area contributed by atoms with Gasteiger partial charge in [-0.2, -0.15) is 0 Å². The molecule has 0 bridgehead atoms. The maximum Gasteiger partial charge on any atom is 0.292 e. The predicted molar refractivity (Wildman–Crippen MR) is 74.4 cm³/mol. The summed E-state index contributed by atoms with van der Waals surface area (Å²) in [5.74, 6) is 0.303. The Labute approximate surface area is 112 Å². The molecule has 0 radical (unpaired) electrons. The van der Waals surface area contributed by atoms with Gasteiger partial charge in [-0.15, -0.1) is 0 Å². The molecule has 6 heteroatoms. The SMILES string of the molecule is CNc1cc(C(=O)NCCC(C)C)ccc1[N+](=O)[O-]. The van der Waals surface area contributed by atoms with Gasteiger partial charge in [-0.05, 0) is 24.5 Å². The van der Waals surface area contributed by atoms with Crippen LogP contribution in [0, 0.1) is 16.0 Å². The molecule has 19 heavy (non-hydrogen) atoms. The third-order valence-electron chi connectivity index (χ3n) is 2.73. The van der Waals surface area contributed by atoms with E-state index in [0.29, 0.717) is 23.7 Å². The maximum absolute atomic E-state index is 11.9. The normalized spacial score (nSPS) is 10.3. The smallest absolute Gasteiger partial charge is 0.292 e. The predicted octanol–water partition coefficient (Wildman–Crippen LogP) is 2.41.